The highest BCUT2D eigenvalue weighted by molar-refractivity contribution is 14.1. The van der Waals surface area contributed by atoms with Gasteiger partial charge in [-0.1, -0.05) is 0 Å². The highest BCUT2D eigenvalue weighted by Crippen LogP contribution is 2.38. The molecule has 0 aliphatic carbocycles. The Morgan fingerprint density at radius 2 is 1.46 bits per heavy atom. The van der Waals surface area contributed by atoms with Gasteiger partial charge in [-0.2, -0.15) is 21.6 Å². The number of nitrogens with one attached hydrogen (secondary N) is 1. The lowest BCUT2D eigenvalue weighted by atomic mass is 10.1. The predicted octanol–water partition coefficient (Wildman–Crippen LogP) is 2.44. The number of nitrogens with zero attached hydrogens (tertiary/aromatic N) is 2. The van der Waals surface area contributed by atoms with Crippen molar-refractivity contribution >= 4 is 84.3 Å². The van der Waals surface area contributed by atoms with Crippen molar-refractivity contribution in [2.75, 3.05) is 23.9 Å². The van der Waals surface area contributed by atoms with Gasteiger partial charge in [-0.3, -0.25) is 14.4 Å². The van der Waals surface area contributed by atoms with Crippen LogP contribution in [0.3, 0.4) is 0 Å². The van der Waals surface area contributed by atoms with E-state index < -0.39 is 38.8 Å². The topological polar surface area (TPSA) is 104 Å². The SMILES string of the molecule is CC(=O)N(C)c1cc(C(=O)NS(=O)(=O)C(F)(F)F)c(I)c(N(C)C(C)=O)c1I. The summed E-state index contributed by atoms with van der Waals surface area (Å²) in [7, 11) is -3.21. The standard InChI is InChI=1S/C14H14F3I2N3O5S/c1-6(23)21(3)9-5-8(13(25)20-28(26,27)14(15,16)17)10(18)12(11(9)19)22(4)7(2)24/h5H,1-4H3,(H,20,25). The number of halogens is 5. The molecule has 1 aromatic carbocycles. The first-order chi connectivity index (χ1) is 12.5. The van der Waals surface area contributed by atoms with Crippen LogP contribution in [0.15, 0.2) is 6.07 Å². The van der Waals surface area contributed by atoms with Crippen LogP contribution in [-0.4, -0.2) is 45.7 Å². The number of benzene rings is 1. The van der Waals surface area contributed by atoms with Crippen LogP contribution < -0.4 is 14.5 Å². The van der Waals surface area contributed by atoms with E-state index in [1.165, 1.54) is 27.9 Å². The van der Waals surface area contributed by atoms with Crippen LogP contribution in [0.5, 0.6) is 0 Å². The molecular weight excluding hydrogens is 633 g/mol. The van der Waals surface area contributed by atoms with Gasteiger partial charge in [0.25, 0.3) is 5.91 Å². The number of carbonyl (C=O) groups excluding carboxylic acids is 3. The Balaban J connectivity index is 3.73. The zero-order chi connectivity index (χ0) is 22.2. The Hall–Kier alpha value is -1.17. The normalized spacial score (nSPS) is 11.8. The number of carbonyl (C=O) groups is 3. The van der Waals surface area contributed by atoms with Crippen LogP contribution in [-0.2, 0) is 19.6 Å². The first kappa shape index (κ1) is 24.9. The van der Waals surface area contributed by atoms with Crippen LogP contribution in [0.4, 0.5) is 24.5 Å². The van der Waals surface area contributed by atoms with Gasteiger partial charge in [-0.25, -0.2) is 4.72 Å². The number of hydrogen-bond donors (Lipinski definition) is 1. The summed E-state index contributed by atoms with van der Waals surface area (Å²) in [6, 6.07) is 1.09. The summed E-state index contributed by atoms with van der Waals surface area (Å²) in [5.41, 5.74) is -5.87. The lowest BCUT2D eigenvalue weighted by Gasteiger charge is -2.26. The monoisotopic (exact) mass is 647 g/mol. The molecule has 0 aliphatic heterocycles. The Labute approximate surface area is 186 Å². The maximum atomic E-state index is 12.6. The minimum absolute atomic E-state index is 0.0373. The van der Waals surface area contributed by atoms with Crippen molar-refractivity contribution < 1.29 is 36.0 Å². The summed E-state index contributed by atoms with van der Waals surface area (Å²) >= 11 is 3.44. The smallest absolute Gasteiger partial charge is 0.315 e. The molecule has 3 amide bonds. The van der Waals surface area contributed by atoms with Gasteiger partial charge in [0.2, 0.25) is 11.8 Å². The van der Waals surface area contributed by atoms with Crippen molar-refractivity contribution in [1.29, 1.82) is 0 Å². The first-order valence-corrected chi connectivity index (χ1v) is 10.8. The molecule has 0 aromatic heterocycles. The molecule has 1 aromatic rings. The second-order valence-corrected chi connectivity index (χ2v) is 9.29. The predicted molar refractivity (Wildman–Crippen MR) is 112 cm³/mol. The fraction of sp³-hybridized carbons (Fsp3) is 0.357. The lowest BCUT2D eigenvalue weighted by molar-refractivity contribution is -0.117. The first-order valence-electron chi connectivity index (χ1n) is 7.17. The van der Waals surface area contributed by atoms with E-state index in [1.807, 2.05) is 22.6 Å². The number of rotatable bonds is 4. The summed E-state index contributed by atoms with van der Waals surface area (Å²) in [5.74, 6) is -2.45. The van der Waals surface area contributed by atoms with Gasteiger partial charge in [-0.05, 0) is 51.2 Å². The van der Waals surface area contributed by atoms with E-state index in [0.29, 0.717) is 3.57 Å². The van der Waals surface area contributed by atoms with E-state index in [2.05, 4.69) is 0 Å². The van der Waals surface area contributed by atoms with Crippen molar-refractivity contribution in [2.45, 2.75) is 19.4 Å². The average Bonchev–Trinajstić information content (AvgIpc) is 2.52. The summed E-state index contributed by atoms with van der Waals surface area (Å²) in [4.78, 5) is 38.1. The summed E-state index contributed by atoms with van der Waals surface area (Å²) in [5, 5.41) is 0. The molecule has 0 spiro atoms. The molecule has 0 saturated heterocycles. The molecule has 156 valence electrons. The molecule has 0 bridgehead atoms. The third kappa shape index (κ3) is 5.05. The fourth-order valence-corrected chi connectivity index (χ4v) is 5.04. The molecule has 0 aliphatic rings. The fourth-order valence-electron chi connectivity index (χ4n) is 1.87. The minimum atomic E-state index is -5.94. The van der Waals surface area contributed by atoms with E-state index >= 15 is 0 Å². The highest BCUT2D eigenvalue weighted by atomic mass is 127. The Bertz CT molecular complexity index is 951. The van der Waals surface area contributed by atoms with Gasteiger partial charge in [0.15, 0.2) is 0 Å². The Morgan fingerprint density at radius 1 is 1.00 bits per heavy atom. The van der Waals surface area contributed by atoms with Gasteiger partial charge in [0.05, 0.1) is 24.1 Å². The van der Waals surface area contributed by atoms with Crippen LogP contribution in [0.2, 0.25) is 0 Å². The minimum Gasteiger partial charge on any atom is -0.315 e. The third-order valence-corrected chi connectivity index (χ3v) is 6.80. The zero-order valence-electron chi connectivity index (χ0n) is 14.8. The number of sulfonamides is 1. The average molecular weight is 647 g/mol. The molecule has 0 fully saturated rings. The van der Waals surface area contributed by atoms with Crippen molar-refractivity contribution in [3.8, 4) is 0 Å². The Kier molecular flexibility index (Phi) is 7.71. The zero-order valence-corrected chi connectivity index (χ0v) is 19.9. The maximum absolute atomic E-state index is 12.6. The molecular formula is C14H14F3I2N3O5S. The molecule has 14 heteroatoms. The van der Waals surface area contributed by atoms with Crippen molar-refractivity contribution in [1.82, 2.24) is 4.72 Å². The second-order valence-electron chi connectivity index (χ2n) is 5.46. The van der Waals surface area contributed by atoms with E-state index in [-0.39, 0.29) is 14.9 Å². The van der Waals surface area contributed by atoms with Crippen molar-refractivity contribution in [2.24, 2.45) is 0 Å². The summed E-state index contributed by atoms with van der Waals surface area (Å²) < 4.78 is 61.7. The van der Waals surface area contributed by atoms with Crippen molar-refractivity contribution in [3.05, 3.63) is 18.8 Å². The lowest BCUT2D eigenvalue weighted by Crippen LogP contribution is -2.40. The molecule has 1 rings (SSSR count). The van der Waals surface area contributed by atoms with Crippen LogP contribution in [0.25, 0.3) is 0 Å². The second kappa shape index (κ2) is 8.68. The summed E-state index contributed by atoms with van der Waals surface area (Å²) in [6.45, 7) is 2.44. The van der Waals surface area contributed by atoms with Gasteiger partial charge in [0, 0.05) is 27.9 Å². The molecule has 0 heterocycles. The molecule has 0 saturated carbocycles. The number of anilines is 2. The maximum Gasteiger partial charge on any atom is 0.516 e. The quantitative estimate of drug-likeness (QED) is 0.507. The third-order valence-electron chi connectivity index (χ3n) is 3.58. The van der Waals surface area contributed by atoms with E-state index in [4.69, 9.17) is 0 Å². The van der Waals surface area contributed by atoms with Gasteiger partial charge in [0.1, 0.15) is 0 Å². The van der Waals surface area contributed by atoms with Crippen molar-refractivity contribution in [3.63, 3.8) is 0 Å². The van der Waals surface area contributed by atoms with Crippen LogP contribution in [0.1, 0.15) is 24.2 Å². The number of alkyl halides is 3. The molecule has 8 nitrogen and oxygen atoms in total. The summed E-state index contributed by atoms with van der Waals surface area (Å²) in [6.07, 6.45) is 0. The van der Waals surface area contributed by atoms with E-state index in [0.717, 1.165) is 20.6 Å². The van der Waals surface area contributed by atoms with E-state index in [9.17, 15) is 36.0 Å². The van der Waals surface area contributed by atoms with Crippen LogP contribution in [0, 0.1) is 7.14 Å². The molecule has 0 unspecified atom stereocenters. The molecule has 28 heavy (non-hydrogen) atoms. The number of amides is 3. The Morgan fingerprint density at radius 3 is 1.86 bits per heavy atom. The molecule has 1 N–H and O–H groups in total. The van der Waals surface area contributed by atoms with Crippen LogP contribution >= 0.6 is 45.2 Å². The van der Waals surface area contributed by atoms with Gasteiger partial charge in [-0.15, -0.1) is 0 Å². The number of hydrogen-bond acceptors (Lipinski definition) is 5. The van der Waals surface area contributed by atoms with E-state index in [1.54, 1.807) is 22.6 Å². The largest absolute Gasteiger partial charge is 0.516 e. The van der Waals surface area contributed by atoms with Gasteiger partial charge >= 0.3 is 15.5 Å². The molecule has 0 radical (unpaired) electrons. The highest BCUT2D eigenvalue weighted by Gasteiger charge is 2.47. The van der Waals surface area contributed by atoms with Gasteiger partial charge < -0.3 is 9.80 Å². The molecule has 0 atom stereocenters.